The molecule has 0 aliphatic carbocycles. The molecule has 2 aliphatic rings. The lowest BCUT2D eigenvalue weighted by Crippen LogP contribution is -2.41. The zero-order chi connectivity index (χ0) is 16.2. The summed E-state index contributed by atoms with van der Waals surface area (Å²) in [4.78, 5) is 27.4. The topological polar surface area (TPSA) is 70.1 Å². The third kappa shape index (κ3) is 4.76. The number of hydrogen-bond donors (Lipinski definition) is 1. The average molecular weight is 312 g/mol. The summed E-state index contributed by atoms with van der Waals surface area (Å²) < 4.78 is 5.34. The maximum Gasteiger partial charge on any atom is 0.223 e. The standard InChI is InChI=1S/C16H28N2O4/c1-16(2,3-4-17-5-7-22-8-6-17)10-15(21)18-11-14(20)9-13(18)12-19/h12-14,20H,3-11H2,1-2H3/t13-,14+/m0/s1. The molecule has 2 saturated heterocycles. The molecular weight excluding hydrogens is 284 g/mol. The summed E-state index contributed by atoms with van der Waals surface area (Å²) >= 11 is 0. The number of aldehydes is 1. The fourth-order valence-electron chi connectivity index (χ4n) is 3.14. The van der Waals surface area contributed by atoms with Gasteiger partial charge in [0.15, 0.2) is 0 Å². The fraction of sp³-hybridized carbons (Fsp3) is 0.875. The van der Waals surface area contributed by atoms with Crippen LogP contribution in [0.2, 0.25) is 0 Å². The Morgan fingerprint density at radius 3 is 2.68 bits per heavy atom. The predicted octanol–water partition coefficient (Wildman–Crippen LogP) is 0.286. The maximum absolute atomic E-state index is 12.4. The zero-order valence-corrected chi connectivity index (χ0v) is 13.7. The second-order valence-electron chi connectivity index (χ2n) is 7.18. The number of amides is 1. The summed E-state index contributed by atoms with van der Waals surface area (Å²) in [6.45, 7) is 8.90. The van der Waals surface area contributed by atoms with Gasteiger partial charge in [0.05, 0.1) is 25.4 Å². The van der Waals surface area contributed by atoms with Gasteiger partial charge in [-0.25, -0.2) is 0 Å². The molecule has 0 bridgehead atoms. The molecule has 0 saturated carbocycles. The van der Waals surface area contributed by atoms with Crippen LogP contribution in [0.3, 0.4) is 0 Å². The predicted molar refractivity (Wildman–Crippen MR) is 82.5 cm³/mol. The first-order valence-corrected chi connectivity index (χ1v) is 8.14. The highest BCUT2D eigenvalue weighted by Gasteiger charge is 2.36. The van der Waals surface area contributed by atoms with E-state index < -0.39 is 12.1 Å². The van der Waals surface area contributed by atoms with E-state index in [9.17, 15) is 14.7 Å². The van der Waals surface area contributed by atoms with E-state index >= 15 is 0 Å². The van der Waals surface area contributed by atoms with Crippen LogP contribution < -0.4 is 0 Å². The van der Waals surface area contributed by atoms with Crippen molar-refractivity contribution >= 4 is 12.2 Å². The quantitative estimate of drug-likeness (QED) is 0.714. The maximum atomic E-state index is 12.4. The lowest BCUT2D eigenvalue weighted by atomic mass is 9.84. The van der Waals surface area contributed by atoms with Gasteiger partial charge in [-0.15, -0.1) is 0 Å². The van der Waals surface area contributed by atoms with E-state index in [0.717, 1.165) is 45.6 Å². The lowest BCUT2D eigenvalue weighted by molar-refractivity contribution is -0.136. The molecule has 6 heteroatoms. The van der Waals surface area contributed by atoms with E-state index in [1.807, 2.05) is 0 Å². The second kappa shape index (κ2) is 7.53. The number of carbonyl (C=O) groups excluding carboxylic acids is 2. The summed E-state index contributed by atoms with van der Waals surface area (Å²) in [5, 5.41) is 9.65. The SMILES string of the molecule is CC(C)(CCN1CCOCC1)CC(=O)N1C[C@H](O)C[C@H]1C=O. The monoisotopic (exact) mass is 312 g/mol. The van der Waals surface area contributed by atoms with Gasteiger partial charge in [-0.2, -0.15) is 0 Å². The summed E-state index contributed by atoms with van der Waals surface area (Å²) in [6, 6.07) is -0.461. The molecule has 126 valence electrons. The van der Waals surface area contributed by atoms with E-state index in [1.165, 1.54) is 4.90 Å². The van der Waals surface area contributed by atoms with Gasteiger partial charge in [0.25, 0.3) is 0 Å². The number of rotatable bonds is 6. The number of aliphatic hydroxyl groups excluding tert-OH is 1. The Kier molecular flexibility index (Phi) is 5.94. The molecule has 1 amide bonds. The van der Waals surface area contributed by atoms with Crippen molar-refractivity contribution in [2.45, 2.75) is 45.3 Å². The van der Waals surface area contributed by atoms with Crippen molar-refractivity contribution in [1.82, 2.24) is 9.80 Å². The molecule has 0 spiro atoms. The largest absolute Gasteiger partial charge is 0.391 e. The van der Waals surface area contributed by atoms with Crippen LogP contribution in [0, 0.1) is 5.41 Å². The van der Waals surface area contributed by atoms with Crippen LogP contribution in [0.25, 0.3) is 0 Å². The van der Waals surface area contributed by atoms with Crippen molar-refractivity contribution < 1.29 is 19.4 Å². The molecule has 1 N–H and O–H groups in total. The normalized spacial score (nSPS) is 27.1. The first-order chi connectivity index (χ1) is 10.4. The minimum atomic E-state index is -0.574. The Morgan fingerprint density at radius 1 is 1.36 bits per heavy atom. The Morgan fingerprint density at radius 2 is 2.05 bits per heavy atom. The summed E-state index contributed by atoms with van der Waals surface area (Å²) in [6.07, 6.45) is 1.91. The smallest absolute Gasteiger partial charge is 0.223 e. The van der Waals surface area contributed by atoms with Gasteiger partial charge in [0.2, 0.25) is 5.91 Å². The summed E-state index contributed by atoms with van der Waals surface area (Å²) in [7, 11) is 0. The van der Waals surface area contributed by atoms with Crippen molar-refractivity contribution in [3.05, 3.63) is 0 Å². The second-order valence-corrected chi connectivity index (χ2v) is 7.18. The van der Waals surface area contributed by atoms with E-state index in [2.05, 4.69) is 18.7 Å². The molecule has 2 atom stereocenters. The van der Waals surface area contributed by atoms with Crippen LogP contribution in [-0.2, 0) is 14.3 Å². The number of likely N-dealkylation sites (tertiary alicyclic amines) is 1. The molecular formula is C16H28N2O4. The number of aliphatic hydroxyl groups is 1. The lowest BCUT2D eigenvalue weighted by Gasteiger charge is -2.32. The number of morpholine rings is 1. The Labute approximate surface area is 132 Å². The molecule has 0 aromatic heterocycles. The minimum absolute atomic E-state index is 0.0272. The highest BCUT2D eigenvalue weighted by Crippen LogP contribution is 2.28. The van der Waals surface area contributed by atoms with Gasteiger partial charge in [0.1, 0.15) is 6.29 Å². The van der Waals surface area contributed by atoms with E-state index in [4.69, 9.17) is 4.74 Å². The summed E-state index contributed by atoms with van der Waals surface area (Å²) in [5.74, 6) is -0.0272. The molecule has 2 rings (SSSR count). The molecule has 2 fully saturated rings. The molecule has 0 unspecified atom stereocenters. The van der Waals surface area contributed by atoms with Crippen molar-refractivity contribution in [2.24, 2.45) is 5.41 Å². The average Bonchev–Trinajstić information content (AvgIpc) is 2.87. The number of ether oxygens (including phenoxy) is 1. The molecule has 2 aliphatic heterocycles. The molecule has 0 radical (unpaired) electrons. The van der Waals surface area contributed by atoms with Gasteiger partial charge < -0.3 is 19.5 Å². The summed E-state index contributed by atoms with van der Waals surface area (Å²) in [5.41, 5.74) is -0.115. The van der Waals surface area contributed by atoms with Crippen molar-refractivity contribution in [3.8, 4) is 0 Å². The van der Waals surface area contributed by atoms with Gasteiger partial charge in [-0.1, -0.05) is 13.8 Å². The highest BCUT2D eigenvalue weighted by molar-refractivity contribution is 5.81. The van der Waals surface area contributed by atoms with Gasteiger partial charge >= 0.3 is 0 Å². The van der Waals surface area contributed by atoms with Gasteiger partial charge in [-0.3, -0.25) is 9.69 Å². The first-order valence-electron chi connectivity index (χ1n) is 8.14. The molecule has 6 nitrogen and oxygen atoms in total. The number of hydrogen-bond acceptors (Lipinski definition) is 5. The van der Waals surface area contributed by atoms with E-state index in [-0.39, 0.29) is 17.9 Å². The van der Waals surface area contributed by atoms with Crippen LogP contribution in [0.15, 0.2) is 0 Å². The van der Waals surface area contributed by atoms with Crippen molar-refractivity contribution in [3.63, 3.8) is 0 Å². The molecule has 0 aromatic rings. The van der Waals surface area contributed by atoms with Crippen LogP contribution in [0.5, 0.6) is 0 Å². The van der Waals surface area contributed by atoms with Gasteiger partial charge in [-0.05, 0) is 18.4 Å². The number of nitrogens with zero attached hydrogens (tertiary/aromatic N) is 2. The van der Waals surface area contributed by atoms with Crippen molar-refractivity contribution in [2.75, 3.05) is 39.4 Å². The van der Waals surface area contributed by atoms with Gasteiger partial charge in [0, 0.05) is 32.5 Å². The number of β-amino-alcohol motifs (C(OH)–C–C–N with tert-alkyl or cyclic N) is 1. The molecule has 22 heavy (non-hydrogen) atoms. The van der Waals surface area contributed by atoms with Crippen LogP contribution in [0.4, 0.5) is 0 Å². The van der Waals surface area contributed by atoms with Crippen LogP contribution in [-0.4, -0.2) is 78.6 Å². The Bertz CT molecular complexity index is 394. The Hall–Kier alpha value is -0.980. The third-order valence-corrected chi connectivity index (χ3v) is 4.64. The van der Waals surface area contributed by atoms with E-state index in [0.29, 0.717) is 12.8 Å². The van der Waals surface area contributed by atoms with Crippen molar-refractivity contribution in [1.29, 1.82) is 0 Å². The number of carbonyl (C=O) groups is 2. The van der Waals surface area contributed by atoms with Crippen LogP contribution >= 0.6 is 0 Å². The molecule has 2 heterocycles. The van der Waals surface area contributed by atoms with Crippen LogP contribution in [0.1, 0.15) is 33.1 Å². The first kappa shape index (κ1) is 17.4. The van der Waals surface area contributed by atoms with E-state index in [1.54, 1.807) is 0 Å². The third-order valence-electron chi connectivity index (χ3n) is 4.64. The minimum Gasteiger partial charge on any atom is -0.391 e. The Balaban J connectivity index is 1.82. The zero-order valence-electron chi connectivity index (χ0n) is 13.7. The fourth-order valence-corrected chi connectivity index (χ4v) is 3.14. The highest BCUT2D eigenvalue weighted by atomic mass is 16.5. The molecule has 0 aromatic carbocycles.